The molecule has 1 aliphatic carbocycles. The SMILES string of the molecule is COc1ccc2c(c1)CC(N(CC(=O)O)C(=O)C(C)CS)C2. The first-order valence-electron chi connectivity index (χ1n) is 7.25. The Hall–Kier alpha value is -1.69. The second-order valence-electron chi connectivity index (χ2n) is 5.64. The van der Waals surface area contributed by atoms with Crippen molar-refractivity contribution in [2.45, 2.75) is 25.8 Å². The fourth-order valence-corrected chi connectivity index (χ4v) is 2.97. The Morgan fingerprint density at radius 2 is 2.09 bits per heavy atom. The van der Waals surface area contributed by atoms with E-state index in [9.17, 15) is 9.59 Å². The molecule has 0 radical (unpaired) electrons. The van der Waals surface area contributed by atoms with Gasteiger partial charge in [-0.1, -0.05) is 13.0 Å². The predicted octanol–water partition coefficient (Wildman–Crippen LogP) is 1.64. The molecule has 0 saturated heterocycles. The number of thiol groups is 1. The molecule has 2 rings (SSSR count). The average molecular weight is 323 g/mol. The number of benzene rings is 1. The number of hydrogen-bond donors (Lipinski definition) is 2. The molecule has 0 spiro atoms. The van der Waals surface area contributed by atoms with Crippen molar-refractivity contribution < 1.29 is 19.4 Å². The number of fused-ring (bicyclic) bond motifs is 1. The minimum atomic E-state index is -0.992. The Kier molecular flexibility index (Phi) is 5.34. The van der Waals surface area contributed by atoms with Gasteiger partial charge >= 0.3 is 5.97 Å². The zero-order valence-corrected chi connectivity index (χ0v) is 13.7. The van der Waals surface area contributed by atoms with E-state index in [4.69, 9.17) is 9.84 Å². The highest BCUT2D eigenvalue weighted by molar-refractivity contribution is 7.80. The van der Waals surface area contributed by atoms with Gasteiger partial charge in [0.15, 0.2) is 0 Å². The third kappa shape index (κ3) is 3.55. The van der Waals surface area contributed by atoms with E-state index in [1.165, 1.54) is 4.90 Å². The molecule has 0 saturated carbocycles. The van der Waals surface area contributed by atoms with Gasteiger partial charge in [-0.3, -0.25) is 9.59 Å². The molecule has 0 aliphatic heterocycles. The van der Waals surface area contributed by atoms with Gasteiger partial charge in [0.1, 0.15) is 12.3 Å². The van der Waals surface area contributed by atoms with Gasteiger partial charge < -0.3 is 14.7 Å². The van der Waals surface area contributed by atoms with Gasteiger partial charge in [0.05, 0.1) is 7.11 Å². The predicted molar refractivity (Wildman–Crippen MR) is 86.6 cm³/mol. The topological polar surface area (TPSA) is 66.8 Å². The number of carbonyl (C=O) groups excluding carboxylic acids is 1. The zero-order valence-electron chi connectivity index (χ0n) is 12.8. The molecule has 1 N–H and O–H groups in total. The second-order valence-corrected chi connectivity index (χ2v) is 6.01. The molecule has 2 atom stereocenters. The van der Waals surface area contributed by atoms with Crippen LogP contribution in [0, 0.1) is 5.92 Å². The largest absolute Gasteiger partial charge is 0.497 e. The Bertz CT molecular complexity index is 575. The van der Waals surface area contributed by atoms with E-state index < -0.39 is 5.97 Å². The van der Waals surface area contributed by atoms with Gasteiger partial charge in [0.2, 0.25) is 5.91 Å². The molecule has 6 heteroatoms. The molecule has 0 heterocycles. The highest BCUT2D eigenvalue weighted by atomic mass is 32.1. The molecule has 1 aliphatic rings. The molecule has 120 valence electrons. The summed E-state index contributed by atoms with van der Waals surface area (Å²) in [5, 5.41) is 9.11. The number of aliphatic carboxylic acids is 1. The van der Waals surface area contributed by atoms with E-state index in [-0.39, 0.29) is 24.4 Å². The zero-order chi connectivity index (χ0) is 16.3. The minimum absolute atomic E-state index is 0.118. The fraction of sp³-hybridized carbons (Fsp3) is 0.500. The Balaban J connectivity index is 2.20. The van der Waals surface area contributed by atoms with Gasteiger partial charge in [-0.25, -0.2) is 0 Å². The maximum Gasteiger partial charge on any atom is 0.323 e. The van der Waals surface area contributed by atoms with E-state index in [1.807, 2.05) is 18.2 Å². The first-order valence-corrected chi connectivity index (χ1v) is 7.88. The quantitative estimate of drug-likeness (QED) is 0.781. The van der Waals surface area contributed by atoms with Crippen molar-refractivity contribution in [3.63, 3.8) is 0 Å². The van der Waals surface area contributed by atoms with Crippen molar-refractivity contribution in [2.24, 2.45) is 5.92 Å². The van der Waals surface area contributed by atoms with Crippen molar-refractivity contribution in [1.82, 2.24) is 4.90 Å². The van der Waals surface area contributed by atoms with Gasteiger partial charge in [-0.15, -0.1) is 0 Å². The molecule has 1 aromatic carbocycles. The Morgan fingerprint density at radius 3 is 2.68 bits per heavy atom. The molecule has 0 aromatic heterocycles. The average Bonchev–Trinajstić information content (AvgIpc) is 2.93. The molecule has 1 aromatic rings. The first-order chi connectivity index (χ1) is 10.5. The number of ether oxygens (including phenoxy) is 1. The van der Waals surface area contributed by atoms with Crippen molar-refractivity contribution in [3.05, 3.63) is 29.3 Å². The molecule has 2 unspecified atom stereocenters. The summed E-state index contributed by atoms with van der Waals surface area (Å²) in [6.07, 6.45) is 1.34. The molecule has 0 fully saturated rings. The van der Waals surface area contributed by atoms with Gasteiger partial charge in [-0.2, -0.15) is 12.6 Å². The van der Waals surface area contributed by atoms with Crippen LogP contribution in [0.5, 0.6) is 5.75 Å². The van der Waals surface area contributed by atoms with Gasteiger partial charge in [0.25, 0.3) is 0 Å². The number of carboxylic acid groups (broad SMARTS) is 1. The van der Waals surface area contributed by atoms with Crippen LogP contribution in [0.25, 0.3) is 0 Å². The van der Waals surface area contributed by atoms with E-state index >= 15 is 0 Å². The molecule has 0 bridgehead atoms. The lowest BCUT2D eigenvalue weighted by molar-refractivity contribution is -0.147. The summed E-state index contributed by atoms with van der Waals surface area (Å²) in [5.41, 5.74) is 2.26. The highest BCUT2D eigenvalue weighted by Gasteiger charge is 2.33. The minimum Gasteiger partial charge on any atom is -0.497 e. The number of nitrogens with zero attached hydrogens (tertiary/aromatic N) is 1. The summed E-state index contributed by atoms with van der Waals surface area (Å²) < 4.78 is 5.22. The molecule has 22 heavy (non-hydrogen) atoms. The van der Waals surface area contributed by atoms with E-state index in [0.717, 1.165) is 16.9 Å². The third-order valence-electron chi connectivity index (χ3n) is 4.05. The van der Waals surface area contributed by atoms with Crippen LogP contribution in [0.3, 0.4) is 0 Å². The molecular formula is C16H21NO4S. The monoisotopic (exact) mass is 323 g/mol. The summed E-state index contributed by atoms with van der Waals surface area (Å²) in [7, 11) is 1.61. The van der Waals surface area contributed by atoms with E-state index in [0.29, 0.717) is 18.6 Å². The van der Waals surface area contributed by atoms with Gasteiger partial charge in [-0.05, 0) is 36.1 Å². The normalized spacial score (nSPS) is 17.7. The van der Waals surface area contributed by atoms with Crippen LogP contribution in [0.4, 0.5) is 0 Å². The summed E-state index contributed by atoms with van der Waals surface area (Å²) in [6, 6.07) is 5.72. The smallest absolute Gasteiger partial charge is 0.323 e. The van der Waals surface area contributed by atoms with Crippen LogP contribution in [0.15, 0.2) is 18.2 Å². The van der Waals surface area contributed by atoms with Crippen molar-refractivity contribution in [1.29, 1.82) is 0 Å². The third-order valence-corrected chi connectivity index (χ3v) is 4.60. The number of rotatable bonds is 6. The molecule has 5 nitrogen and oxygen atoms in total. The van der Waals surface area contributed by atoms with E-state index in [1.54, 1.807) is 14.0 Å². The maximum absolute atomic E-state index is 12.5. The lowest BCUT2D eigenvalue weighted by atomic mass is 10.1. The number of carboxylic acids is 1. The lowest BCUT2D eigenvalue weighted by Gasteiger charge is -2.29. The van der Waals surface area contributed by atoms with Gasteiger partial charge in [0, 0.05) is 17.7 Å². The van der Waals surface area contributed by atoms with Crippen LogP contribution >= 0.6 is 12.6 Å². The van der Waals surface area contributed by atoms with E-state index in [2.05, 4.69) is 12.6 Å². The number of amides is 1. The van der Waals surface area contributed by atoms with Crippen LogP contribution in [0.2, 0.25) is 0 Å². The maximum atomic E-state index is 12.5. The standard InChI is InChI=1S/C16H21NO4S/c1-10(9-22)16(20)17(8-15(18)19)13-5-11-3-4-14(21-2)7-12(11)6-13/h3-4,7,10,13,22H,5-6,8-9H2,1-2H3,(H,18,19). The second kappa shape index (κ2) is 7.05. The summed E-state index contributed by atoms with van der Waals surface area (Å²) in [5.74, 6) is -0.252. The van der Waals surface area contributed by atoms with Crippen molar-refractivity contribution >= 4 is 24.5 Å². The molecule has 1 amide bonds. The highest BCUT2D eigenvalue weighted by Crippen LogP contribution is 2.29. The Labute approximate surface area is 135 Å². The van der Waals surface area contributed by atoms with Crippen LogP contribution in [0.1, 0.15) is 18.1 Å². The van der Waals surface area contributed by atoms with Crippen LogP contribution in [-0.2, 0) is 22.4 Å². The molecular weight excluding hydrogens is 302 g/mol. The number of hydrogen-bond acceptors (Lipinski definition) is 4. The van der Waals surface area contributed by atoms with Crippen molar-refractivity contribution in [3.8, 4) is 5.75 Å². The first kappa shape index (κ1) is 16.7. The van der Waals surface area contributed by atoms with Crippen LogP contribution < -0.4 is 4.74 Å². The Morgan fingerprint density at radius 1 is 1.41 bits per heavy atom. The summed E-state index contributed by atoms with van der Waals surface area (Å²) in [4.78, 5) is 25.1. The lowest BCUT2D eigenvalue weighted by Crippen LogP contribution is -2.46. The van der Waals surface area contributed by atoms with Crippen LogP contribution in [-0.4, -0.2) is 47.3 Å². The summed E-state index contributed by atoms with van der Waals surface area (Å²) in [6.45, 7) is 1.50. The fourth-order valence-electron chi connectivity index (χ4n) is 2.81. The van der Waals surface area contributed by atoms with Crippen molar-refractivity contribution in [2.75, 3.05) is 19.4 Å². The summed E-state index contributed by atoms with van der Waals surface area (Å²) >= 11 is 4.15. The number of methoxy groups -OCH3 is 1. The number of carbonyl (C=O) groups is 2.